The Kier molecular flexibility index (Phi) is 14.4. The van der Waals surface area contributed by atoms with Crippen molar-refractivity contribution in [3.63, 3.8) is 0 Å². The Hall–Kier alpha value is -0.336. The van der Waals surface area contributed by atoms with Crippen LogP contribution in [0.2, 0.25) is 0 Å². The summed E-state index contributed by atoms with van der Waals surface area (Å²) < 4.78 is 0. The molecular formula is C15H19Cl2OTi. The van der Waals surface area contributed by atoms with Gasteiger partial charge in [-0.3, -0.25) is 0 Å². The predicted molar refractivity (Wildman–Crippen MR) is 69.1 cm³/mol. The van der Waals surface area contributed by atoms with Gasteiger partial charge in [0, 0.05) is 0 Å². The molecule has 2 aromatic carbocycles. The van der Waals surface area contributed by atoms with Crippen LogP contribution in [0.4, 0.5) is 0 Å². The molecule has 0 heterocycles. The standard InChI is InChI=1S/C10H14O.C5H5.2ClH.Ti/c1-6-5-10(11)9(4)8(3)7(6)2;1-2-4-5-3-1;;;/h5,11H,1-4H3;1-5H;2*1H;/q;-1;;;+3/p-2. The van der Waals surface area contributed by atoms with Gasteiger partial charge < -0.3 is 29.9 Å². The number of phenols is 1. The number of aryl methyl sites for hydroxylation is 1. The van der Waals surface area contributed by atoms with Crippen LogP contribution < -0.4 is 24.8 Å². The molecule has 0 saturated carbocycles. The zero-order chi connectivity index (χ0) is 12.1. The number of aromatic hydroxyl groups is 1. The summed E-state index contributed by atoms with van der Waals surface area (Å²) in [5.41, 5.74) is 4.63. The smallest absolute Gasteiger partial charge is 1.00 e. The monoisotopic (exact) mass is 333 g/mol. The minimum atomic E-state index is 0. The van der Waals surface area contributed by atoms with Gasteiger partial charge in [0.1, 0.15) is 5.75 Å². The van der Waals surface area contributed by atoms with E-state index in [-0.39, 0.29) is 46.5 Å². The fourth-order valence-corrected chi connectivity index (χ4v) is 1.51. The normalized spacial score (nSPS) is 8.00. The van der Waals surface area contributed by atoms with E-state index in [1.165, 1.54) is 11.1 Å². The maximum absolute atomic E-state index is 9.41. The average Bonchev–Trinajstić information content (AvgIpc) is 2.82. The van der Waals surface area contributed by atoms with Crippen LogP contribution in [-0.2, 0) is 21.7 Å². The molecule has 0 aliphatic carbocycles. The molecule has 0 aromatic heterocycles. The van der Waals surface area contributed by atoms with E-state index in [1.807, 2.05) is 57.2 Å². The van der Waals surface area contributed by atoms with Crippen molar-refractivity contribution in [2.45, 2.75) is 27.7 Å². The summed E-state index contributed by atoms with van der Waals surface area (Å²) in [6.45, 7) is 8.08. The van der Waals surface area contributed by atoms with Crippen LogP contribution in [0.15, 0.2) is 36.4 Å². The van der Waals surface area contributed by atoms with Crippen LogP contribution in [0, 0.1) is 27.7 Å². The first-order valence-corrected chi connectivity index (χ1v) is 5.47. The SMILES string of the molecule is Cc1cc(O)c(C)c(C)c1C.[Cl-].[Cl-].[Ti+3].c1cc[cH-]c1. The third kappa shape index (κ3) is 7.12. The van der Waals surface area contributed by atoms with E-state index in [9.17, 15) is 5.11 Å². The molecule has 0 saturated heterocycles. The van der Waals surface area contributed by atoms with Gasteiger partial charge in [0.25, 0.3) is 0 Å². The second-order valence-corrected chi connectivity index (χ2v) is 4.05. The van der Waals surface area contributed by atoms with Gasteiger partial charge in [-0.2, -0.15) is 18.2 Å². The van der Waals surface area contributed by atoms with E-state index < -0.39 is 0 Å². The number of benzene rings is 1. The molecule has 4 heteroatoms. The third-order valence-electron chi connectivity index (χ3n) is 3.01. The minimum absolute atomic E-state index is 0. The summed E-state index contributed by atoms with van der Waals surface area (Å²) in [5.74, 6) is 0.408. The van der Waals surface area contributed by atoms with Crippen LogP contribution in [0.1, 0.15) is 22.3 Å². The molecule has 2 aromatic rings. The summed E-state index contributed by atoms with van der Waals surface area (Å²) in [6.07, 6.45) is 0. The van der Waals surface area contributed by atoms with E-state index in [4.69, 9.17) is 0 Å². The largest absolute Gasteiger partial charge is 3.00 e. The predicted octanol–water partition coefficient (Wildman–Crippen LogP) is -1.96. The molecule has 1 nitrogen and oxygen atoms in total. The minimum Gasteiger partial charge on any atom is -1.00 e. The first-order valence-electron chi connectivity index (χ1n) is 5.47. The van der Waals surface area contributed by atoms with E-state index in [1.54, 1.807) is 0 Å². The summed E-state index contributed by atoms with van der Waals surface area (Å²) in [7, 11) is 0. The molecule has 0 amide bonds. The summed E-state index contributed by atoms with van der Waals surface area (Å²) in [5, 5.41) is 9.41. The third-order valence-corrected chi connectivity index (χ3v) is 3.01. The second kappa shape index (κ2) is 11.5. The maximum atomic E-state index is 9.41. The first-order chi connectivity index (χ1) is 7.54. The fourth-order valence-electron chi connectivity index (χ4n) is 1.51. The summed E-state index contributed by atoms with van der Waals surface area (Å²) in [4.78, 5) is 0. The van der Waals surface area contributed by atoms with Crippen LogP contribution in [0.25, 0.3) is 0 Å². The molecule has 0 bridgehead atoms. The van der Waals surface area contributed by atoms with Gasteiger partial charge in [-0.25, -0.2) is 12.1 Å². The molecule has 0 atom stereocenters. The summed E-state index contributed by atoms with van der Waals surface area (Å²) in [6, 6.07) is 11.8. The van der Waals surface area contributed by atoms with Gasteiger partial charge >= 0.3 is 21.7 Å². The van der Waals surface area contributed by atoms with E-state index >= 15 is 0 Å². The Morgan fingerprint density at radius 2 is 1.32 bits per heavy atom. The van der Waals surface area contributed by atoms with E-state index in [0.29, 0.717) is 5.75 Å². The number of hydrogen-bond acceptors (Lipinski definition) is 1. The Morgan fingerprint density at radius 3 is 1.68 bits per heavy atom. The average molecular weight is 334 g/mol. The molecule has 2 rings (SSSR count). The van der Waals surface area contributed by atoms with Crippen LogP contribution in [0.3, 0.4) is 0 Å². The molecular weight excluding hydrogens is 315 g/mol. The van der Waals surface area contributed by atoms with Gasteiger partial charge in [-0.15, -0.1) is 0 Å². The fraction of sp³-hybridized carbons (Fsp3) is 0.267. The van der Waals surface area contributed by atoms with E-state index in [2.05, 4.69) is 6.92 Å². The van der Waals surface area contributed by atoms with Crippen molar-refractivity contribution in [1.29, 1.82) is 0 Å². The van der Waals surface area contributed by atoms with Crippen molar-refractivity contribution >= 4 is 0 Å². The van der Waals surface area contributed by atoms with Crippen LogP contribution >= 0.6 is 0 Å². The Labute approximate surface area is 143 Å². The van der Waals surface area contributed by atoms with Crippen LogP contribution in [0.5, 0.6) is 5.75 Å². The van der Waals surface area contributed by atoms with Gasteiger partial charge in [0.2, 0.25) is 0 Å². The first kappa shape index (κ1) is 23.7. The molecule has 19 heavy (non-hydrogen) atoms. The van der Waals surface area contributed by atoms with Gasteiger partial charge in [-0.1, -0.05) is 0 Å². The van der Waals surface area contributed by atoms with E-state index in [0.717, 1.165) is 11.1 Å². The van der Waals surface area contributed by atoms with Crippen molar-refractivity contribution in [2.75, 3.05) is 0 Å². The molecule has 0 unspecified atom stereocenters. The Morgan fingerprint density at radius 1 is 0.842 bits per heavy atom. The zero-order valence-corrected chi connectivity index (χ0v) is 14.7. The van der Waals surface area contributed by atoms with Gasteiger partial charge in [0.15, 0.2) is 0 Å². The molecule has 1 radical (unpaired) electrons. The van der Waals surface area contributed by atoms with Crippen molar-refractivity contribution in [3.05, 3.63) is 58.7 Å². The van der Waals surface area contributed by atoms with Crippen LogP contribution in [-0.4, -0.2) is 5.11 Å². The summed E-state index contributed by atoms with van der Waals surface area (Å²) >= 11 is 0. The number of rotatable bonds is 0. The quantitative estimate of drug-likeness (QED) is 0.438. The Balaban J connectivity index is -0.000000277. The number of halogens is 2. The molecule has 0 aliphatic rings. The number of hydrogen-bond donors (Lipinski definition) is 1. The van der Waals surface area contributed by atoms with Crippen molar-refractivity contribution in [3.8, 4) is 5.75 Å². The molecule has 1 N–H and O–H groups in total. The van der Waals surface area contributed by atoms with Gasteiger partial charge in [0.05, 0.1) is 0 Å². The van der Waals surface area contributed by atoms with Crippen molar-refractivity contribution < 1.29 is 51.6 Å². The molecule has 0 aliphatic heterocycles. The number of phenolic OH excluding ortho intramolecular Hbond substituents is 1. The zero-order valence-electron chi connectivity index (χ0n) is 11.7. The maximum Gasteiger partial charge on any atom is 3.00 e. The van der Waals surface area contributed by atoms with Crippen molar-refractivity contribution in [2.24, 2.45) is 0 Å². The molecule has 103 valence electrons. The van der Waals surface area contributed by atoms with Gasteiger partial charge in [-0.05, 0) is 56.0 Å². The van der Waals surface area contributed by atoms with Crippen molar-refractivity contribution in [1.82, 2.24) is 0 Å². The topological polar surface area (TPSA) is 20.2 Å². The Bertz CT molecular complexity index is 410. The second-order valence-electron chi connectivity index (χ2n) is 4.05. The molecule has 0 spiro atoms. The molecule has 0 fully saturated rings.